The number of imidazole rings is 2. The highest BCUT2D eigenvalue weighted by atomic mass is 35.5. The molecule has 0 spiro atoms. The van der Waals surface area contributed by atoms with Gasteiger partial charge in [-0.25, -0.2) is 9.97 Å². The minimum atomic E-state index is -0.692. The molecule has 2 aromatic heterocycles. The number of carbonyl (C=O) groups is 2. The van der Waals surface area contributed by atoms with Crippen molar-refractivity contribution in [1.82, 2.24) is 19.1 Å². The van der Waals surface area contributed by atoms with Crippen molar-refractivity contribution in [3.05, 3.63) is 105 Å². The number of benzene rings is 4. The number of allylic oxidation sites excluding steroid dienone is 2. The zero-order valence-corrected chi connectivity index (χ0v) is 30.5. The lowest BCUT2D eigenvalue weighted by molar-refractivity contribution is 0.0989. The van der Waals surface area contributed by atoms with Gasteiger partial charge in [-0.05, 0) is 71.8 Å². The van der Waals surface area contributed by atoms with Crippen LogP contribution in [0, 0.1) is 10.8 Å². The number of primary amides is 2. The second kappa shape index (κ2) is 15.1. The van der Waals surface area contributed by atoms with Crippen molar-refractivity contribution in [3.8, 4) is 34.3 Å². The number of hydrogen-bond acceptors (Lipinski definition) is 10. The molecule has 0 saturated carbocycles. The third-order valence-electron chi connectivity index (χ3n) is 8.97. The molecule has 4 aromatic carbocycles. The molecule has 2 amide bonds. The number of nitrogens with one attached hydrogen (secondary N) is 2. The fourth-order valence-electron chi connectivity index (χ4n) is 6.53. The van der Waals surface area contributed by atoms with E-state index < -0.39 is 11.8 Å². The van der Waals surface area contributed by atoms with Crippen molar-refractivity contribution in [2.75, 3.05) is 14.2 Å². The van der Waals surface area contributed by atoms with E-state index in [4.69, 9.17) is 76.4 Å². The number of aryl methyl sites for hydroxylation is 2. The summed E-state index contributed by atoms with van der Waals surface area (Å²) < 4.78 is 15.3. The van der Waals surface area contributed by atoms with Gasteiger partial charge in [0.05, 0.1) is 36.4 Å². The molecule has 2 heterocycles. The van der Waals surface area contributed by atoms with Crippen LogP contribution in [-0.2, 0) is 13.1 Å². The normalized spacial score (nSPS) is 11.9. The number of ether oxygens (including phenoxy) is 2. The van der Waals surface area contributed by atoms with Crippen LogP contribution in [0.5, 0.6) is 11.5 Å². The summed E-state index contributed by atoms with van der Waals surface area (Å²) in [4.78, 5) is 34.9. The van der Waals surface area contributed by atoms with Gasteiger partial charge < -0.3 is 52.4 Å². The quantitative estimate of drug-likeness (QED) is 0.0779. The molecular formula is C38H34Cl2N10O4. The Kier molecular flexibility index (Phi) is 10.4. The van der Waals surface area contributed by atoms with Gasteiger partial charge in [-0.2, -0.15) is 0 Å². The first-order valence-corrected chi connectivity index (χ1v) is 17.0. The van der Waals surface area contributed by atoms with Gasteiger partial charge in [0, 0.05) is 70.2 Å². The van der Waals surface area contributed by atoms with Gasteiger partial charge in [0.25, 0.3) is 11.8 Å². The van der Waals surface area contributed by atoms with Crippen LogP contribution in [0.25, 0.3) is 56.0 Å². The molecule has 274 valence electrons. The molecule has 0 atom stereocenters. The van der Waals surface area contributed by atoms with Gasteiger partial charge >= 0.3 is 0 Å². The third-order valence-corrected chi connectivity index (χ3v) is 9.44. The number of nitrogens with two attached hydrogens (primary N) is 4. The summed E-state index contributed by atoms with van der Waals surface area (Å²) in [6.45, 7) is 0.481. The number of halogens is 2. The van der Waals surface area contributed by atoms with E-state index in [1.165, 1.54) is 26.6 Å². The average molecular weight is 766 g/mol. The van der Waals surface area contributed by atoms with E-state index in [2.05, 4.69) is 0 Å². The molecule has 0 saturated heterocycles. The molecule has 6 aromatic rings. The summed E-state index contributed by atoms with van der Waals surface area (Å²) in [6, 6.07) is 16.9. The van der Waals surface area contributed by atoms with Gasteiger partial charge in [0.1, 0.15) is 22.7 Å². The Bertz CT molecular complexity index is 2410. The zero-order chi connectivity index (χ0) is 38.8. The first-order valence-electron chi connectivity index (χ1n) is 16.2. The number of aromatic nitrogens is 4. The van der Waals surface area contributed by atoms with Crippen LogP contribution >= 0.6 is 23.2 Å². The maximum absolute atomic E-state index is 12.4. The number of methoxy groups -OCH3 is 2. The van der Waals surface area contributed by atoms with Crippen LogP contribution in [0.4, 0.5) is 0 Å². The highest BCUT2D eigenvalue weighted by molar-refractivity contribution is 6.31. The number of nitrogens with zero attached hydrogens (tertiary/aromatic N) is 4. The van der Waals surface area contributed by atoms with Gasteiger partial charge in [0.2, 0.25) is 0 Å². The zero-order valence-electron chi connectivity index (χ0n) is 29.0. The van der Waals surface area contributed by atoms with E-state index in [1.807, 2.05) is 9.13 Å². The number of rotatable bonds is 13. The molecule has 0 bridgehead atoms. The Labute approximate surface area is 318 Å². The lowest BCUT2D eigenvalue weighted by Crippen LogP contribution is -2.13. The Morgan fingerprint density at radius 1 is 0.667 bits per heavy atom. The van der Waals surface area contributed by atoms with Crippen LogP contribution in [0.1, 0.15) is 31.8 Å². The first kappa shape index (κ1) is 37.1. The number of hydrogen-bond donors (Lipinski definition) is 6. The fourth-order valence-corrected chi connectivity index (χ4v) is 6.88. The number of amides is 2. The van der Waals surface area contributed by atoms with E-state index in [9.17, 15) is 9.59 Å². The standard InChI is InChI=1S/C38H34Cl2N10O4/c1-53-33-25(35(45)51)7-9-29-31(33)47-37(23-5-3-21(39)13-27(23)19(15-41)16-42)49(29)11-12-50-30-10-8-26(36(46)52)34(54-2)32(30)48-38(50)24-6-4-22(40)14-28(24)20(17-43)18-44/h3-10,13-18,41,43H,11-12,42,44H2,1-2H3,(H2,45,51)(H2,46,52)/b19-16+,20-18+,41-15?,43-17?. The van der Waals surface area contributed by atoms with Crippen LogP contribution in [0.2, 0.25) is 10.0 Å². The van der Waals surface area contributed by atoms with E-state index >= 15 is 0 Å². The summed E-state index contributed by atoms with van der Waals surface area (Å²) in [7, 11) is 2.86. The first-order chi connectivity index (χ1) is 26.0. The molecular weight excluding hydrogens is 731 g/mol. The SMILES string of the molecule is COc1c(C(N)=O)ccc2c1nc(-c1ccc(Cl)cc1/C(C=N)=C/N)n2CCn1c(-c2ccc(Cl)cc2/C(C=N)=C/N)nc2c(OC)c(C(N)=O)ccc21. The fraction of sp³-hybridized carbons (Fsp3) is 0.105. The lowest BCUT2D eigenvalue weighted by Gasteiger charge is -2.17. The van der Waals surface area contributed by atoms with E-state index in [1.54, 1.807) is 60.7 Å². The van der Waals surface area contributed by atoms with Gasteiger partial charge in [-0.1, -0.05) is 23.2 Å². The Morgan fingerprint density at radius 2 is 1.06 bits per heavy atom. The Hall–Kier alpha value is -6.64. The van der Waals surface area contributed by atoms with Crippen molar-refractivity contribution in [1.29, 1.82) is 10.8 Å². The molecule has 54 heavy (non-hydrogen) atoms. The van der Waals surface area contributed by atoms with Gasteiger partial charge in [0.15, 0.2) is 11.5 Å². The molecule has 16 heteroatoms. The van der Waals surface area contributed by atoms with Crippen molar-refractivity contribution in [2.24, 2.45) is 22.9 Å². The predicted molar refractivity (Wildman–Crippen MR) is 212 cm³/mol. The Morgan fingerprint density at radius 3 is 1.37 bits per heavy atom. The minimum Gasteiger partial charge on any atom is -0.494 e. The monoisotopic (exact) mass is 764 g/mol. The second-order valence-corrected chi connectivity index (χ2v) is 12.7. The third kappa shape index (κ3) is 6.37. The summed E-state index contributed by atoms with van der Waals surface area (Å²) in [5.41, 5.74) is 28.6. The van der Waals surface area contributed by atoms with Crippen LogP contribution in [0.15, 0.2) is 73.1 Å². The van der Waals surface area contributed by atoms with Crippen LogP contribution in [0.3, 0.4) is 0 Å². The molecule has 14 nitrogen and oxygen atoms in total. The van der Waals surface area contributed by atoms with Gasteiger partial charge in [-0.3, -0.25) is 9.59 Å². The topological polar surface area (TPSA) is 240 Å². The molecule has 0 aliphatic rings. The maximum atomic E-state index is 12.4. The highest BCUT2D eigenvalue weighted by Gasteiger charge is 2.26. The van der Waals surface area contributed by atoms with E-state index in [0.29, 0.717) is 77.2 Å². The van der Waals surface area contributed by atoms with Crippen LogP contribution in [-0.4, -0.2) is 57.6 Å². The molecule has 0 fully saturated rings. The van der Waals surface area contributed by atoms with Crippen molar-refractivity contribution >= 4 is 80.7 Å². The van der Waals surface area contributed by atoms with E-state index in [0.717, 1.165) is 12.4 Å². The highest BCUT2D eigenvalue weighted by Crippen LogP contribution is 2.39. The number of carbonyl (C=O) groups excluding carboxylic acids is 2. The van der Waals surface area contributed by atoms with Crippen LogP contribution < -0.4 is 32.4 Å². The van der Waals surface area contributed by atoms with Gasteiger partial charge in [-0.15, -0.1) is 0 Å². The molecule has 0 aliphatic carbocycles. The minimum absolute atomic E-state index is 0.144. The largest absolute Gasteiger partial charge is 0.494 e. The number of fused-ring (bicyclic) bond motifs is 2. The molecule has 10 N–H and O–H groups in total. The summed E-state index contributed by atoms with van der Waals surface area (Å²) in [5, 5.41) is 16.9. The smallest absolute Gasteiger partial charge is 0.252 e. The molecule has 0 radical (unpaired) electrons. The predicted octanol–water partition coefficient (Wildman–Crippen LogP) is 5.84. The molecule has 0 aliphatic heterocycles. The summed E-state index contributed by atoms with van der Waals surface area (Å²) in [6.07, 6.45) is 4.85. The second-order valence-electron chi connectivity index (χ2n) is 11.8. The van der Waals surface area contributed by atoms with E-state index in [-0.39, 0.29) is 35.7 Å². The Balaban J connectivity index is 1.65. The maximum Gasteiger partial charge on any atom is 0.252 e. The van der Waals surface area contributed by atoms with Crippen molar-refractivity contribution in [2.45, 2.75) is 13.1 Å². The summed E-state index contributed by atoms with van der Waals surface area (Å²) in [5.74, 6) is -0.116. The lowest BCUT2D eigenvalue weighted by atomic mass is 10.00. The molecule has 6 rings (SSSR count). The average Bonchev–Trinajstić information content (AvgIpc) is 3.72. The van der Waals surface area contributed by atoms with Crippen molar-refractivity contribution in [3.63, 3.8) is 0 Å². The summed E-state index contributed by atoms with van der Waals surface area (Å²) >= 11 is 12.9. The van der Waals surface area contributed by atoms with Crippen molar-refractivity contribution < 1.29 is 19.1 Å². The molecule has 0 unspecified atom stereocenters.